The summed E-state index contributed by atoms with van der Waals surface area (Å²) in [6, 6.07) is 0. The number of hydrogen-bond donors (Lipinski definition) is 1. The highest BCUT2D eigenvalue weighted by atomic mass is 16.3. The molecule has 0 aromatic rings. The Morgan fingerprint density at radius 1 is 1.27 bits per heavy atom. The highest BCUT2D eigenvalue weighted by molar-refractivity contribution is 5.76. The van der Waals surface area contributed by atoms with Gasteiger partial charge in [-0.25, -0.2) is 0 Å². The topological polar surface area (TPSA) is 40.5 Å². The van der Waals surface area contributed by atoms with Crippen LogP contribution in [0.15, 0.2) is 0 Å². The number of rotatable bonds is 4. The standard InChI is InChI=1S/C12H21NO2/c14-7-5-11-4-6-13(9-11)12(15)8-10-2-1-3-10/h10-11,14H,1-9H2. The van der Waals surface area contributed by atoms with Gasteiger partial charge in [-0.3, -0.25) is 4.79 Å². The summed E-state index contributed by atoms with van der Waals surface area (Å²) in [5, 5.41) is 8.84. The van der Waals surface area contributed by atoms with Gasteiger partial charge in [0.1, 0.15) is 0 Å². The van der Waals surface area contributed by atoms with E-state index in [2.05, 4.69) is 0 Å². The fourth-order valence-corrected chi connectivity index (χ4v) is 2.55. The summed E-state index contributed by atoms with van der Waals surface area (Å²) in [7, 11) is 0. The lowest BCUT2D eigenvalue weighted by molar-refractivity contribution is -0.131. The predicted octanol–water partition coefficient (Wildman–Crippen LogP) is 1.41. The lowest BCUT2D eigenvalue weighted by Crippen LogP contribution is -2.31. The van der Waals surface area contributed by atoms with Crippen LogP contribution >= 0.6 is 0 Å². The molecule has 0 aromatic carbocycles. The van der Waals surface area contributed by atoms with Gasteiger partial charge < -0.3 is 10.0 Å². The van der Waals surface area contributed by atoms with Crippen LogP contribution in [0.25, 0.3) is 0 Å². The highest BCUT2D eigenvalue weighted by Gasteiger charge is 2.28. The molecule has 3 heteroatoms. The molecule has 3 nitrogen and oxygen atoms in total. The van der Waals surface area contributed by atoms with Crippen molar-refractivity contribution >= 4 is 5.91 Å². The van der Waals surface area contributed by atoms with E-state index in [1.54, 1.807) is 0 Å². The van der Waals surface area contributed by atoms with E-state index < -0.39 is 0 Å². The summed E-state index contributed by atoms with van der Waals surface area (Å²) in [6.07, 6.45) is 6.51. The molecule has 86 valence electrons. The maximum atomic E-state index is 11.9. The molecule has 2 rings (SSSR count). The van der Waals surface area contributed by atoms with Crippen LogP contribution in [0.5, 0.6) is 0 Å². The van der Waals surface area contributed by atoms with E-state index in [-0.39, 0.29) is 6.61 Å². The lowest BCUT2D eigenvalue weighted by atomic mass is 9.83. The first-order valence-electron chi connectivity index (χ1n) is 6.18. The molecule has 1 atom stereocenters. The van der Waals surface area contributed by atoms with Crippen LogP contribution < -0.4 is 0 Å². The zero-order valence-electron chi connectivity index (χ0n) is 9.32. The second-order valence-electron chi connectivity index (χ2n) is 5.01. The van der Waals surface area contributed by atoms with E-state index in [1.807, 2.05) is 4.90 Å². The van der Waals surface area contributed by atoms with Gasteiger partial charge in [0.15, 0.2) is 0 Å². The number of aliphatic hydroxyl groups is 1. The maximum Gasteiger partial charge on any atom is 0.222 e. The third kappa shape index (κ3) is 2.71. The van der Waals surface area contributed by atoms with Gasteiger partial charge in [-0.1, -0.05) is 6.42 Å². The molecule has 1 amide bonds. The number of carbonyl (C=O) groups excluding carboxylic acids is 1. The van der Waals surface area contributed by atoms with Gasteiger partial charge in [-0.15, -0.1) is 0 Å². The molecule has 1 unspecified atom stereocenters. The molecule has 15 heavy (non-hydrogen) atoms. The summed E-state index contributed by atoms with van der Waals surface area (Å²) in [6.45, 7) is 2.05. The third-order valence-corrected chi connectivity index (χ3v) is 3.86. The molecule has 2 aliphatic rings. The Bertz CT molecular complexity index is 226. The number of carbonyl (C=O) groups is 1. The summed E-state index contributed by atoms with van der Waals surface area (Å²) in [5.74, 6) is 1.56. The first-order valence-corrected chi connectivity index (χ1v) is 6.18. The van der Waals surface area contributed by atoms with Crippen LogP contribution in [0, 0.1) is 11.8 Å². The summed E-state index contributed by atoms with van der Waals surface area (Å²) < 4.78 is 0. The summed E-state index contributed by atoms with van der Waals surface area (Å²) in [5.41, 5.74) is 0. The van der Waals surface area contributed by atoms with Gasteiger partial charge in [0.2, 0.25) is 5.91 Å². The molecule has 0 aromatic heterocycles. The first-order chi connectivity index (χ1) is 7.29. The SMILES string of the molecule is O=C(CC1CCC1)N1CCC(CCO)C1. The van der Waals surface area contributed by atoms with Crippen LogP contribution in [0.3, 0.4) is 0 Å². The smallest absolute Gasteiger partial charge is 0.222 e. The molecule has 1 saturated carbocycles. The second kappa shape index (κ2) is 4.97. The molecule has 1 saturated heterocycles. The van der Waals surface area contributed by atoms with E-state index in [0.717, 1.165) is 32.4 Å². The largest absolute Gasteiger partial charge is 0.396 e. The number of likely N-dealkylation sites (tertiary alicyclic amines) is 1. The average molecular weight is 211 g/mol. The molecule has 1 aliphatic carbocycles. The molecular formula is C12H21NO2. The molecular weight excluding hydrogens is 190 g/mol. The normalized spacial score (nSPS) is 26.7. The number of nitrogens with zero attached hydrogens (tertiary/aromatic N) is 1. The Morgan fingerprint density at radius 3 is 2.67 bits per heavy atom. The van der Waals surface area contributed by atoms with Crippen LogP contribution in [0.4, 0.5) is 0 Å². The van der Waals surface area contributed by atoms with Crippen molar-refractivity contribution in [2.75, 3.05) is 19.7 Å². The molecule has 1 heterocycles. The predicted molar refractivity (Wildman–Crippen MR) is 58.3 cm³/mol. The first kappa shape index (κ1) is 10.9. The zero-order chi connectivity index (χ0) is 10.7. The van der Waals surface area contributed by atoms with Crippen LogP contribution in [0.2, 0.25) is 0 Å². The number of amides is 1. The van der Waals surface area contributed by atoms with Crippen molar-refractivity contribution in [1.82, 2.24) is 4.90 Å². The highest BCUT2D eigenvalue weighted by Crippen LogP contribution is 2.31. The van der Waals surface area contributed by atoms with Crippen LogP contribution in [-0.4, -0.2) is 35.6 Å². The molecule has 2 fully saturated rings. The summed E-state index contributed by atoms with van der Waals surface area (Å²) >= 11 is 0. The molecule has 1 aliphatic heterocycles. The Kier molecular flexibility index (Phi) is 3.62. The van der Waals surface area contributed by atoms with E-state index >= 15 is 0 Å². The molecule has 1 N–H and O–H groups in total. The van der Waals surface area contributed by atoms with Crippen molar-refractivity contribution < 1.29 is 9.90 Å². The summed E-state index contributed by atoms with van der Waals surface area (Å²) in [4.78, 5) is 13.9. The molecule has 0 spiro atoms. The third-order valence-electron chi connectivity index (χ3n) is 3.86. The minimum atomic E-state index is 0.259. The van der Waals surface area contributed by atoms with Crippen molar-refractivity contribution in [1.29, 1.82) is 0 Å². The van der Waals surface area contributed by atoms with Crippen molar-refractivity contribution in [3.63, 3.8) is 0 Å². The lowest BCUT2D eigenvalue weighted by Gasteiger charge is -2.27. The molecule has 0 bridgehead atoms. The maximum absolute atomic E-state index is 11.9. The van der Waals surface area contributed by atoms with Gasteiger partial charge in [0, 0.05) is 26.1 Å². The molecule has 0 radical (unpaired) electrons. The van der Waals surface area contributed by atoms with E-state index in [9.17, 15) is 4.79 Å². The Hall–Kier alpha value is -0.570. The van der Waals surface area contributed by atoms with Gasteiger partial charge in [-0.05, 0) is 37.5 Å². The van der Waals surface area contributed by atoms with Crippen molar-refractivity contribution in [2.24, 2.45) is 11.8 Å². The number of aliphatic hydroxyl groups excluding tert-OH is 1. The Morgan fingerprint density at radius 2 is 2.07 bits per heavy atom. The van der Waals surface area contributed by atoms with Gasteiger partial charge in [0.05, 0.1) is 0 Å². The quantitative estimate of drug-likeness (QED) is 0.763. The monoisotopic (exact) mass is 211 g/mol. The van der Waals surface area contributed by atoms with Crippen molar-refractivity contribution in [3.05, 3.63) is 0 Å². The second-order valence-corrected chi connectivity index (χ2v) is 5.01. The van der Waals surface area contributed by atoms with E-state index in [4.69, 9.17) is 5.11 Å². The van der Waals surface area contributed by atoms with Gasteiger partial charge >= 0.3 is 0 Å². The van der Waals surface area contributed by atoms with E-state index in [1.165, 1.54) is 19.3 Å². The fourth-order valence-electron chi connectivity index (χ4n) is 2.55. The fraction of sp³-hybridized carbons (Fsp3) is 0.917. The minimum Gasteiger partial charge on any atom is -0.396 e. The number of hydrogen-bond acceptors (Lipinski definition) is 2. The average Bonchev–Trinajstić information content (AvgIpc) is 2.60. The Labute approximate surface area is 91.5 Å². The van der Waals surface area contributed by atoms with Gasteiger partial charge in [0.25, 0.3) is 0 Å². The van der Waals surface area contributed by atoms with Crippen LogP contribution in [-0.2, 0) is 4.79 Å². The van der Waals surface area contributed by atoms with Crippen molar-refractivity contribution in [3.8, 4) is 0 Å². The van der Waals surface area contributed by atoms with Crippen LogP contribution in [0.1, 0.15) is 38.5 Å². The van der Waals surface area contributed by atoms with E-state index in [0.29, 0.717) is 17.7 Å². The van der Waals surface area contributed by atoms with Gasteiger partial charge in [-0.2, -0.15) is 0 Å². The Balaban J connectivity index is 1.71. The minimum absolute atomic E-state index is 0.259. The zero-order valence-corrected chi connectivity index (χ0v) is 9.32. The van der Waals surface area contributed by atoms with Crippen molar-refractivity contribution in [2.45, 2.75) is 38.5 Å².